The predicted molar refractivity (Wildman–Crippen MR) is 319 cm³/mol. The third-order valence-electron chi connectivity index (χ3n) is 16.3. The molecule has 2 aromatic carbocycles. The zero-order valence-electron chi connectivity index (χ0n) is 50.7. The Balaban J connectivity index is 0.745. The molecule has 6 N–H and O–H groups in total. The molecule has 27 heteroatoms. The van der Waals surface area contributed by atoms with Gasteiger partial charge in [0, 0.05) is 92.3 Å². The van der Waals surface area contributed by atoms with Crippen LogP contribution in [0.25, 0.3) is 22.3 Å². The Bertz CT molecular complexity index is 3550. The van der Waals surface area contributed by atoms with Gasteiger partial charge in [0.15, 0.2) is 17.2 Å². The van der Waals surface area contributed by atoms with Gasteiger partial charge in [-0.1, -0.05) is 37.3 Å². The molecule has 486 valence electrons. The number of fused-ring (bicyclic) bond motifs is 5. The minimum atomic E-state index is -2.08. The molecule has 4 aromatic rings. The molecular formula is C64H74FN7O19. The summed E-state index contributed by atoms with van der Waals surface area (Å²) in [4.78, 5) is 160. The number of ketones is 3. The van der Waals surface area contributed by atoms with Gasteiger partial charge in [-0.25, -0.2) is 14.2 Å². The van der Waals surface area contributed by atoms with Gasteiger partial charge in [0.05, 0.1) is 107 Å². The number of carbonyl (C=O) groups is 11. The zero-order chi connectivity index (χ0) is 65.4. The molecule has 0 spiro atoms. The first kappa shape index (κ1) is 68.2. The molecule has 6 amide bonds. The average molecular weight is 1260 g/mol. The molecule has 0 fully saturated rings. The summed E-state index contributed by atoms with van der Waals surface area (Å²) in [5, 5.41) is 32.0. The second kappa shape index (κ2) is 31.8. The molecule has 1 aliphatic carbocycles. The van der Waals surface area contributed by atoms with Gasteiger partial charge in [-0.05, 0) is 67.3 Å². The number of nitrogens with one attached hydrogen (secondary N) is 4. The molecular weight excluding hydrogens is 1190 g/mol. The van der Waals surface area contributed by atoms with E-state index < -0.39 is 126 Å². The van der Waals surface area contributed by atoms with Crippen LogP contribution in [-0.4, -0.2) is 168 Å². The van der Waals surface area contributed by atoms with Crippen molar-refractivity contribution < 1.29 is 91.0 Å². The van der Waals surface area contributed by atoms with Crippen LogP contribution in [-0.2, 0) is 108 Å². The number of aromatic nitrogens is 2. The lowest BCUT2D eigenvalue weighted by Crippen LogP contribution is -2.44. The standard InChI is InChI=1S/C64H74FN7O19/c1-3-64(86)45-30-50-60-43(35-72(50)62(84)44(45)36-91-63(64)85)59-47(12-11-42-37(2)46(65)31-49(70-60)58(42)59)68-54(78)34-67-61(83)39(28-38-8-5-4-6-9-38)29-41(74)33-66-52(76)14-13-51(75)48(32-57(81)82)69-53(77)18-21-88-23-25-90-27-26-89-24-22-87-20-7-10-40(73)17-19-71-55(79)15-16-56(71)80/h4-6,8-9,15-16,30-31,39,47-48,86H,3,7,10-14,17-29,32-36H2,1-2H3,(H,66,76)(H,67,83)(H,68,78)(H,69,77)(H,81,82)/t39-,47+,48+,64+/m1/s1. The number of rotatable bonds is 37. The Morgan fingerprint density at radius 3 is 2.13 bits per heavy atom. The van der Waals surface area contributed by atoms with Gasteiger partial charge in [0.1, 0.15) is 18.2 Å². The Hall–Kier alpha value is -8.76. The summed E-state index contributed by atoms with van der Waals surface area (Å²) in [7, 11) is 0. The van der Waals surface area contributed by atoms with Crippen LogP contribution in [0.2, 0.25) is 0 Å². The highest BCUT2D eigenvalue weighted by Gasteiger charge is 2.46. The number of Topliss-reactive ketones (excluding diaryl/α,β-unsaturated/α-hetero) is 3. The Kier molecular flexibility index (Phi) is 23.8. The van der Waals surface area contributed by atoms with E-state index in [2.05, 4.69) is 21.3 Å². The third-order valence-corrected chi connectivity index (χ3v) is 16.3. The van der Waals surface area contributed by atoms with E-state index in [1.165, 1.54) is 22.8 Å². The molecule has 2 aromatic heterocycles. The van der Waals surface area contributed by atoms with Crippen LogP contribution in [0.3, 0.4) is 0 Å². The van der Waals surface area contributed by atoms with Crippen LogP contribution < -0.4 is 26.8 Å². The second-order valence-electron chi connectivity index (χ2n) is 22.5. The zero-order valence-corrected chi connectivity index (χ0v) is 50.7. The number of aliphatic carboxylic acids is 1. The molecule has 91 heavy (non-hydrogen) atoms. The number of carbonyl (C=O) groups excluding carboxylic acids is 10. The molecule has 0 saturated heterocycles. The van der Waals surface area contributed by atoms with Crippen LogP contribution in [0, 0.1) is 18.7 Å². The summed E-state index contributed by atoms with van der Waals surface area (Å²) >= 11 is 0. The number of imide groups is 1. The number of nitrogens with zero attached hydrogens (tertiary/aromatic N) is 3. The van der Waals surface area contributed by atoms with Gasteiger partial charge in [0.2, 0.25) is 23.6 Å². The van der Waals surface area contributed by atoms with Gasteiger partial charge in [0.25, 0.3) is 17.4 Å². The topological polar surface area (TPSA) is 361 Å². The Morgan fingerprint density at radius 2 is 1.45 bits per heavy atom. The van der Waals surface area contributed by atoms with Crippen molar-refractivity contribution in [1.29, 1.82) is 0 Å². The molecule has 5 heterocycles. The number of esters is 1. The van der Waals surface area contributed by atoms with Crippen LogP contribution in [0.4, 0.5) is 4.39 Å². The van der Waals surface area contributed by atoms with Crippen molar-refractivity contribution in [2.24, 2.45) is 5.92 Å². The SMILES string of the molecule is CC[C@@]1(O)C(=O)OCc2c1cc1n(c2=O)Cc2c-1nc1cc(F)c(C)c3c1c2[C@@H](NC(=O)CNC(=O)[C@@H](CC(=O)CNC(=O)CCC(=O)[C@H](CC(=O)O)NC(=O)CCOCCOCCOCCOCCCC(=O)CCN1C(=O)C=CC1=O)Cc1ccccc1)CC3. The van der Waals surface area contributed by atoms with Crippen LogP contribution in [0.1, 0.15) is 116 Å². The van der Waals surface area contributed by atoms with Crippen molar-refractivity contribution in [2.75, 3.05) is 72.5 Å². The number of carboxylic acids is 1. The summed E-state index contributed by atoms with van der Waals surface area (Å²) in [6.45, 7) is 3.60. The number of cyclic esters (lactones) is 1. The second-order valence-corrected chi connectivity index (χ2v) is 22.5. The fraction of sp³-hybridized carbons (Fsp3) is 0.484. The van der Waals surface area contributed by atoms with Crippen molar-refractivity contribution >= 4 is 75.6 Å². The average Bonchev–Trinajstić information content (AvgIpc) is 1.63. The molecule has 0 radical (unpaired) electrons. The van der Waals surface area contributed by atoms with Crippen molar-refractivity contribution in [3.8, 4) is 11.4 Å². The van der Waals surface area contributed by atoms with E-state index in [4.69, 9.17) is 28.7 Å². The molecule has 0 saturated carbocycles. The number of amides is 6. The molecule has 0 bridgehead atoms. The normalized spacial score (nSPS) is 16.8. The van der Waals surface area contributed by atoms with Crippen molar-refractivity contribution in [1.82, 2.24) is 35.7 Å². The van der Waals surface area contributed by atoms with Gasteiger partial charge >= 0.3 is 11.9 Å². The highest BCUT2D eigenvalue weighted by molar-refractivity contribution is 6.13. The number of aliphatic hydroxyl groups is 1. The van der Waals surface area contributed by atoms with E-state index in [0.717, 1.165) is 4.90 Å². The largest absolute Gasteiger partial charge is 0.481 e. The van der Waals surface area contributed by atoms with Crippen molar-refractivity contribution in [3.05, 3.63) is 110 Å². The summed E-state index contributed by atoms with van der Waals surface area (Å²) in [5.74, 6) is -8.61. The lowest BCUT2D eigenvalue weighted by atomic mass is 9.81. The third kappa shape index (κ3) is 17.4. The monoisotopic (exact) mass is 1260 g/mol. The van der Waals surface area contributed by atoms with E-state index in [-0.39, 0.29) is 114 Å². The number of benzene rings is 2. The molecule has 4 aliphatic rings. The maximum Gasteiger partial charge on any atom is 0.343 e. The van der Waals surface area contributed by atoms with Crippen molar-refractivity contribution in [2.45, 2.75) is 122 Å². The van der Waals surface area contributed by atoms with Gasteiger partial charge in [-0.15, -0.1) is 0 Å². The van der Waals surface area contributed by atoms with E-state index in [9.17, 15) is 67.7 Å². The highest BCUT2D eigenvalue weighted by Crippen LogP contribution is 2.46. The summed E-state index contributed by atoms with van der Waals surface area (Å²) in [5.41, 5.74) is 1.54. The first-order chi connectivity index (χ1) is 43.7. The Morgan fingerprint density at radius 1 is 0.769 bits per heavy atom. The molecule has 8 rings (SSSR count). The first-order valence-electron chi connectivity index (χ1n) is 30.3. The highest BCUT2D eigenvalue weighted by atomic mass is 19.1. The van der Waals surface area contributed by atoms with Crippen LogP contribution >= 0.6 is 0 Å². The minimum absolute atomic E-state index is 0.0134. The van der Waals surface area contributed by atoms with Gasteiger partial charge < -0.3 is 59.7 Å². The fourth-order valence-electron chi connectivity index (χ4n) is 11.5. The number of pyridine rings is 2. The van der Waals surface area contributed by atoms with Crippen molar-refractivity contribution in [3.63, 3.8) is 0 Å². The fourth-order valence-corrected chi connectivity index (χ4v) is 11.5. The molecule has 3 aliphatic heterocycles. The summed E-state index contributed by atoms with van der Waals surface area (Å²) in [6, 6.07) is 9.50. The smallest absolute Gasteiger partial charge is 0.343 e. The quantitative estimate of drug-likeness (QED) is 0.0188. The van der Waals surface area contributed by atoms with E-state index in [1.807, 2.05) is 0 Å². The Labute approximate surface area is 521 Å². The van der Waals surface area contributed by atoms with E-state index in [0.29, 0.717) is 83.7 Å². The molecule has 4 atom stereocenters. The van der Waals surface area contributed by atoms with E-state index in [1.54, 1.807) is 50.2 Å². The predicted octanol–water partition coefficient (Wildman–Crippen LogP) is 2.11. The summed E-state index contributed by atoms with van der Waals surface area (Å²) < 4.78 is 44.0. The van der Waals surface area contributed by atoms with E-state index >= 15 is 4.39 Å². The number of hydrogen-bond acceptors (Lipinski definition) is 19. The maximum atomic E-state index is 15.5. The number of halogens is 1. The number of ether oxygens (including phenoxy) is 5. The number of carboxylic acid groups (broad SMARTS) is 1. The number of hydrogen-bond donors (Lipinski definition) is 6. The number of aryl methyl sites for hydroxylation is 1. The van der Waals surface area contributed by atoms with Crippen LogP contribution in [0.5, 0.6) is 0 Å². The van der Waals surface area contributed by atoms with Gasteiger partial charge in [-0.2, -0.15) is 0 Å². The van der Waals surface area contributed by atoms with Gasteiger partial charge in [-0.3, -0.25) is 57.6 Å². The molecule has 26 nitrogen and oxygen atoms in total. The minimum Gasteiger partial charge on any atom is -0.481 e. The summed E-state index contributed by atoms with van der Waals surface area (Å²) in [6.07, 6.45) is 1.61. The van der Waals surface area contributed by atoms with Crippen LogP contribution in [0.15, 0.2) is 59.4 Å². The lowest BCUT2D eigenvalue weighted by molar-refractivity contribution is -0.172. The lowest BCUT2D eigenvalue weighted by Gasteiger charge is -2.31. The maximum absolute atomic E-state index is 15.5. The first-order valence-corrected chi connectivity index (χ1v) is 30.3. The molecule has 0 unspecified atom stereocenters.